The number of carbonyl (C=O) groups is 1. The number of benzene rings is 3. The van der Waals surface area contributed by atoms with E-state index in [1.807, 2.05) is 59.8 Å². The summed E-state index contributed by atoms with van der Waals surface area (Å²) in [5.74, 6) is 2.86. The SMILES string of the molecule is Cc1ccc(CSCc2nnc(SCC(=O)Nc3ccc4ccccc4c3)n2C)cc1. The zero-order valence-corrected chi connectivity index (χ0v) is 19.2. The molecule has 7 heteroatoms. The number of carbonyl (C=O) groups excluding carboxylic acids is 1. The van der Waals surface area contributed by atoms with Crippen molar-refractivity contribution in [2.75, 3.05) is 11.1 Å². The molecule has 0 saturated carbocycles. The van der Waals surface area contributed by atoms with E-state index in [9.17, 15) is 4.79 Å². The van der Waals surface area contributed by atoms with E-state index < -0.39 is 0 Å². The fraction of sp³-hybridized carbons (Fsp3) is 0.208. The minimum atomic E-state index is -0.0569. The number of fused-ring (bicyclic) bond motifs is 1. The van der Waals surface area contributed by atoms with Gasteiger partial charge in [-0.05, 0) is 35.4 Å². The molecule has 158 valence electrons. The average Bonchev–Trinajstić information content (AvgIpc) is 3.13. The smallest absolute Gasteiger partial charge is 0.234 e. The molecule has 0 aliphatic carbocycles. The monoisotopic (exact) mass is 448 g/mol. The van der Waals surface area contributed by atoms with Crippen molar-refractivity contribution in [2.24, 2.45) is 7.05 Å². The molecule has 1 amide bonds. The van der Waals surface area contributed by atoms with Gasteiger partial charge in [0.1, 0.15) is 5.82 Å². The highest BCUT2D eigenvalue weighted by molar-refractivity contribution is 7.99. The molecule has 3 aromatic carbocycles. The molecule has 0 fully saturated rings. The lowest BCUT2D eigenvalue weighted by molar-refractivity contribution is -0.113. The zero-order valence-electron chi connectivity index (χ0n) is 17.5. The Morgan fingerprint density at radius 1 is 0.968 bits per heavy atom. The lowest BCUT2D eigenvalue weighted by Crippen LogP contribution is -2.14. The third kappa shape index (κ3) is 5.68. The van der Waals surface area contributed by atoms with Gasteiger partial charge in [0.15, 0.2) is 5.16 Å². The van der Waals surface area contributed by atoms with Gasteiger partial charge in [0.2, 0.25) is 5.91 Å². The highest BCUT2D eigenvalue weighted by Crippen LogP contribution is 2.22. The van der Waals surface area contributed by atoms with Gasteiger partial charge < -0.3 is 9.88 Å². The van der Waals surface area contributed by atoms with Crippen molar-refractivity contribution < 1.29 is 4.79 Å². The Hall–Kier alpha value is -2.77. The molecule has 0 bridgehead atoms. The summed E-state index contributed by atoms with van der Waals surface area (Å²) in [6.07, 6.45) is 0. The molecule has 1 aromatic heterocycles. The van der Waals surface area contributed by atoms with E-state index in [4.69, 9.17) is 0 Å². The van der Waals surface area contributed by atoms with E-state index in [2.05, 4.69) is 52.8 Å². The number of aromatic nitrogens is 3. The average molecular weight is 449 g/mol. The topological polar surface area (TPSA) is 59.8 Å². The van der Waals surface area contributed by atoms with Crippen LogP contribution in [0.5, 0.6) is 0 Å². The van der Waals surface area contributed by atoms with Gasteiger partial charge in [-0.3, -0.25) is 4.79 Å². The van der Waals surface area contributed by atoms with Crippen molar-refractivity contribution in [3.63, 3.8) is 0 Å². The Labute approximate surface area is 190 Å². The molecule has 0 radical (unpaired) electrons. The molecule has 0 aliphatic rings. The number of rotatable bonds is 8. The molecule has 1 heterocycles. The van der Waals surface area contributed by atoms with Crippen LogP contribution in [0.15, 0.2) is 71.9 Å². The third-order valence-electron chi connectivity index (χ3n) is 4.91. The van der Waals surface area contributed by atoms with Crippen LogP contribution in [0, 0.1) is 6.92 Å². The van der Waals surface area contributed by atoms with Crippen molar-refractivity contribution in [2.45, 2.75) is 23.6 Å². The second-order valence-corrected chi connectivity index (χ2v) is 9.26. The maximum absolute atomic E-state index is 12.4. The lowest BCUT2D eigenvalue weighted by atomic mass is 10.1. The predicted molar refractivity (Wildman–Crippen MR) is 130 cm³/mol. The third-order valence-corrected chi connectivity index (χ3v) is 6.93. The summed E-state index contributed by atoms with van der Waals surface area (Å²) < 4.78 is 1.97. The largest absolute Gasteiger partial charge is 0.325 e. The van der Waals surface area contributed by atoms with Crippen LogP contribution in [0.25, 0.3) is 10.8 Å². The maximum Gasteiger partial charge on any atom is 0.234 e. The number of aryl methyl sites for hydroxylation is 1. The molecule has 0 saturated heterocycles. The Morgan fingerprint density at radius 2 is 1.74 bits per heavy atom. The Bertz CT molecular complexity index is 1190. The van der Waals surface area contributed by atoms with Gasteiger partial charge in [0.05, 0.1) is 11.5 Å². The van der Waals surface area contributed by atoms with Gasteiger partial charge >= 0.3 is 0 Å². The first-order valence-electron chi connectivity index (χ1n) is 10.0. The predicted octanol–water partition coefficient (Wildman–Crippen LogP) is 5.44. The molecule has 0 atom stereocenters. The van der Waals surface area contributed by atoms with E-state index >= 15 is 0 Å². The second kappa shape index (κ2) is 10.0. The Kier molecular flexibility index (Phi) is 6.94. The van der Waals surface area contributed by atoms with Gasteiger partial charge in [0.25, 0.3) is 0 Å². The van der Waals surface area contributed by atoms with Gasteiger partial charge in [-0.15, -0.1) is 22.0 Å². The molecule has 31 heavy (non-hydrogen) atoms. The molecule has 0 spiro atoms. The van der Waals surface area contributed by atoms with E-state index in [1.54, 1.807) is 0 Å². The molecule has 5 nitrogen and oxygen atoms in total. The standard InChI is InChI=1S/C24H24N4OS2/c1-17-7-9-18(10-8-17)14-30-15-22-26-27-24(28(22)2)31-16-23(29)25-21-12-11-19-5-3-4-6-20(19)13-21/h3-13H,14-16H2,1-2H3,(H,25,29). The Morgan fingerprint density at radius 3 is 2.55 bits per heavy atom. The second-order valence-electron chi connectivity index (χ2n) is 7.33. The first-order valence-corrected chi connectivity index (χ1v) is 12.2. The van der Waals surface area contributed by atoms with Crippen molar-refractivity contribution in [1.29, 1.82) is 0 Å². The van der Waals surface area contributed by atoms with E-state index in [0.29, 0.717) is 0 Å². The minimum absolute atomic E-state index is 0.0569. The van der Waals surface area contributed by atoms with Gasteiger partial charge in [-0.2, -0.15) is 0 Å². The molecule has 4 aromatic rings. The number of hydrogen-bond donors (Lipinski definition) is 1. The van der Waals surface area contributed by atoms with Crippen molar-refractivity contribution >= 4 is 45.9 Å². The van der Waals surface area contributed by atoms with Crippen LogP contribution >= 0.6 is 23.5 Å². The van der Waals surface area contributed by atoms with Crippen LogP contribution in [-0.2, 0) is 23.3 Å². The van der Waals surface area contributed by atoms with Gasteiger partial charge in [-0.25, -0.2) is 0 Å². The summed E-state index contributed by atoms with van der Waals surface area (Å²) in [4.78, 5) is 12.4. The quantitative estimate of drug-likeness (QED) is 0.364. The highest BCUT2D eigenvalue weighted by atomic mass is 32.2. The van der Waals surface area contributed by atoms with Crippen LogP contribution in [0.1, 0.15) is 17.0 Å². The molecule has 1 N–H and O–H groups in total. The number of thioether (sulfide) groups is 2. The first-order chi connectivity index (χ1) is 15.1. The van der Waals surface area contributed by atoms with Crippen LogP contribution in [0.2, 0.25) is 0 Å². The van der Waals surface area contributed by atoms with Crippen molar-refractivity contribution in [1.82, 2.24) is 14.8 Å². The first kappa shape index (κ1) is 21.5. The van der Waals surface area contributed by atoms with E-state index in [1.165, 1.54) is 22.9 Å². The van der Waals surface area contributed by atoms with Crippen LogP contribution in [0.4, 0.5) is 5.69 Å². The minimum Gasteiger partial charge on any atom is -0.325 e. The lowest BCUT2D eigenvalue weighted by Gasteiger charge is -2.07. The van der Waals surface area contributed by atoms with E-state index in [0.717, 1.165) is 38.9 Å². The summed E-state index contributed by atoms with van der Waals surface area (Å²) >= 11 is 3.21. The number of hydrogen-bond acceptors (Lipinski definition) is 5. The molecule has 0 unspecified atom stereocenters. The Balaban J connectivity index is 1.27. The molecule has 4 rings (SSSR count). The zero-order chi connectivity index (χ0) is 21.6. The summed E-state index contributed by atoms with van der Waals surface area (Å²) in [5.41, 5.74) is 3.38. The summed E-state index contributed by atoms with van der Waals surface area (Å²) in [6, 6.07) is 22.6. The van der Waals surface area contributed by atoms with Crippen LogP contribution < -0.4 is 5.32 Å². The molecular formula is C24H24N4OS2. The highest BCUT2D eigenvalue weighted by Gasteiger charge is 2.12. The number of nitrogens with zero attached hydrogens (tertiary/aromatic N) is 3. The number of amides is 1. The number of nitrogens with one attached hydrogen (secondary N) is 1. The maximum atomic E-state index is 12.4. The van der Waals surface area contributed by atoms with E-state index in [-0.39, 0.29) is 11.7 Å². The van der Waals surface area contributed by atoms with Gasteiger partial charge in [-0.1, -0.05) is 71.9 Å². The van der Waals surface area contributed by atoms with Gasteiger partial charge in [0, 0.05) is 18.5 Å². The summed E-state index contributed by atoms with van der Waals surface area (Å²) in [7, 11) is 1.95. The molecule has 0 aliphatic heterocycles. The fourth-order valence-electron chi connectivity index (χ4n) is 3.14. The number of anilines is 1. The van der Waals surface area contributed by atoms with Crippen LogP contribution in [0.3, 0.4) is 0 Å². The van der Waals surface area contributed by atoms with Crippen molar-refractivity contribution in [3.05, 3.63) is 83.7 Å². The normalized spacial score (nSPS) is 11.0. The summed E-state index contributed by atoms with van der Waals surface area (Å²) in [6.45, 7) is 2.10. The fourth-order valence-corrected chi connectivity index (χ4v) is 4.83. The summed E-state index contributed by atoms with van der Waals surface area (Å²) in [5, 5.41) is 14.5. The van der Waals surface area contributed by atoms with Crippen molar-refractivity contribution in [3.8, 4) is 0 Å². The molecular weight excluding hydrogens is 424 g/mol. The van der Waals surface area contributed by atoms with Crippen LogP contribution in [-0.4, -0.2) is 26.4 Å².